The standard InChI is InChI=1S/C29H43NO2S/c1-3-5-7-9-11-13-15-24-23-25(29(32)30-26-17-19-27(31)20-18-26)16-21-28(24)33-22-14-12-10-8-6-4-2/h16-21,23,31H,3-15,22H2,1-2H3,(H,30,32). The first-order chi connectivity index (χ1) is 16.1. The lowest BCUT2D eigenvalue weighted by Crippen LogP contribution is -2.12. The normalized spacial score (nSPS) is 11.0. The van der Waals surface area contributed by atoms with Gasteiger partial charge in [-0.1, -0.05) is 78.1 Å². The average molecular weight is 470 g/mol. The number of unbranched alkanes of at least 4 members (excludes halogenated alkanes) is 10. The van der Waals surface area contributed by atoms with E-state index in [1.165, 1.54) is 87.5 Å². The number of anilines is 1. The van der Waals surface area contributed by atoms with E-state index in [9.17, 15) is 9.90 Å². The van der Waals surface area contributed by atoms with Gasteiger partial charge in [0.2, 0.25) is 0 Å². The van der Waals surface area contributed by atoms with Gasteiger partial charge in [-0.25, -0.2) is 0 Å². The highest BCUT2D eigenvalue weighted by Crippen LogP contribution is 2.28. The molecule has 0 saturated carbocycles. The van der Waals surface area contributed by atoms with Gasteiger partial charge in [0.05, 0.1) is 0 Å². The van der Waals surface area contributed by atoms with Gasteiger partial charge in [0.15, 0.2) is 0 Å². The summed E-state index contributed by atoms with van der Waals surface area (Å²) in [5, 5.41) is 12.4. The van der Waals surface area contributed by atoms with E-state index in [1.807, 2.05) is 17.8 Å². The minimum Gasteiger partial charge on any atom is -0.508 e. The highest BCUT2D eigenvalue weighted by molar-refractivity contribution is 7.99. The number of carbonyl (C=O) groups excluding carboxylic acids is 1. The third-order valence-corrected chi connectivity index (χ3v) is 7.21. The molecule has 0 fully saturated rings. The van der Waals surface area contributed by atoms with E-state index in [1.54, 1.807) is 24.3 Å². The van der Waals surface area contributed by atoms with Crippen molar-refractivity contribution >= 4 is 23.4 Å². The van der Waals surface area contributed by atoms with Gasteiger partial charge in [0, 0.05) is 16.1 Å². The quantitative estimate of drug-likeness (QED) is 0.138. The molecule has 0 bridgehead atoms. The zero-order chi connectivity index (χ0) is 23.7. The molecule has 3 nitrogen and oxygen atoms in total. The summed E-state index contributed by atoms with van der Waals surface area (Å²) in [5.74, 6) is 1.24. The number of benzene rings is 2. The second-order valence-corrected chi connectivity index (χ2v) is 10.1. The zero-order valence-electron chi connectivity index (χ0n) is 20.7. The van der Waals surface area contributed by atoms with Crippen molar-refractivity contribution in [3.05, 3.63) is 53.6 Å². The smallest absolute Gasteiger partial charge is 0.255 e. The van der Waals surface area contributed by atoms with E-state index in [4.69, 9.17) is 0 Å². The molecule has 0 radical (unpaired) electrons. The maximum atomic E-state index is 12.8. The number of thioether (sulfide) groups is 1. The van der Waals surface area contributed by atoms with Crippen LogP contribution in [0.25, 0.3) is 0 Å². The lowest BCUT2D eigenvalue weighted by Gasteiger charge is -2.12. The summed E-state index contributed by atoms with van der Waals surface area (Å²) in [6.45, 7) is 4.51. The summed E-state index contributed by atoms with van der Waals surface area (Å²) >= 11 is 1.95. The molecule has 2 rings (SSSR count). The van der Waals surface area contributed by atoms with Crippen LogP contribution in [0.5, 0.6) is 5.75 Å². The number of rotatable bonds is 17. The first-order valence-corrected chi connectivity index (χ1v) is 14.0. The molecule has 2 N–H and O–H groups in total. The molecule has 0 aliphatic heterocycles. The summed E-state index contributed by atoms with van der Waals surface area (Å²) < 4.78 is 0. The van der Waals surface area contributed by atoms with Crippen molar-refractivity contribution in [2.24, 2.45) is 0 Å². The molecule has 0 spiro atoms. The van der Waals surface area contributed by atoms with Gasteiger partial charge in [-0.3, -0.25) is 4.79 Å². The van der Waals surface area contributed by atoms with Crippen LogP contribution in [0.3, 0.4) is 0 Å². The molecule has 182 valence electrons. The number of hydrogen-bond acceptors (Lipinski definition) is 3. The highest BCUT2D eigenvalue weighted by atomic mass is 32.2. The number of amides is 1. The lowest BCUT2D eigenvalue weighted by molar-refractivity contribution is 0.102. The van der Waals surface area contributed by atoms with Gasteiger partial charge in [0.25, 0.3) is 5.91 Å². The van der Waals surface area contributed by atoms with Crippen LogP contribution in [0.1, 0.15) is 107 Å². The highest BCUT2D eigenvalue weighted by Gasteiger charge is 2.11. The second-order valence-electron chi connectivity index (χ2n) is 8.96. The first kappa shape index (κ1) is 27.3. The van der Waals surface area contributed by atoms with E-state index in [-0.39, 0.29) is 11.7 Å². The molecule has 0 saturated heterocycles. The predicted molar refractivity (Wildman–Crippen MR) is 144 cm³/mol. The van der Waals surface area contributed by atoms with E-state index in [0.717, 1.165) is 12.2 Å². The minimum atomic E-state index is -0.0997. The van der Waals surface area contributed by atoms with E-state index in [0.29, 0.717) is 11.3 Å². The Morgan fingerprint density at radius 3 is 2.06 bits per heavy atom. The van der Waals surface area contributed by atoms with Crippen molar-refractivity contribution in [2.75, 3.05) is 11.1 Å². The van der Waals surface area contributed by atoms with Crippen LogP contribution in [-0.2, 0) is 6.42 Å². The lowest BCUT2D eigenvalue weighted by atomic mass is 10.0. The maximum absolute atomic E-state index is 12.8. The monoisotopic (exact) mass is 469 g/mol. The number of nitrogens with one attached hydrogen (secondary N) is 1. The van der Waals surface area contributed by atoms with Crippen LogP contribution < -0.4 is 5.32 Å². The van der Waals surface area contributed by atoms with Crippen LogP contribution in [0.15, 0.2) is 47.4 Å². The summed E-state index contributed by atoms with van der Waals surface area (Å²) in [4.78, 5) is 14.1. The molecule has 4 heteroatoms. The Hall–Kier alpha value is -1.94. The van der Waals surface area contributed by atoms with Gasteiger partial charge in [-0.15, -0.1) is 11.8 Å². The Morgan fingerprint density at radius 2 is 1.39 bits per heavy atom. The Labute approximate surface area is 205 Å². The summed E-state index contributed by atoms with van der Waals surface area (Å²) in [6, 6.07) is 12.8. The van der Waals surface area contributed by atoms with Gasteiger partial charge in [0.1, 0.15) is 5.75 Å². The van der Waals surface area contributed by atoms with Gasteiger partial charge < -0.3 is 10.4 Å². The van der Waals surface area contributed by atoms with Crippen molar-refractivity contribution in [1.29, 1.82) is 0 Å². The van der Waals surface area contributed by atoms with Crippen molar-refractivity contribution in [3.63, 3.8) is 0 Å². The fourth-order valence-electron chi connectivity index (χ4n) is 3.97. The molecule has 0 aliphatic rings. The van der Waals surface area contributed by atoms with Gasteiger partial charge >= 0.3 is 0 Å². The largest absolute Gasteiger partial charge is 0.508 e. The fraction of sp³-hybridized carbons (Fsp3) is 0.552. The second kappa shape index (κ2) is 16.6. The van der Waals surface area contributed by atoms with Crippen molar-refractivity contribution in [2.45, 2.75) is 102 Å². The Morgan fingerprint density at radius 1 is 0.788 bits per heavy atom. The molecular weight excluding hydrogens is 426 g/mol. The molecular formula is C29H43NO2S. The predicted octanol–water partition coefficient (Wildman–Crippen LogP) is 9.00. The maximum Gasteiger partial charge on any atom is 0.255 e. The first-order valence-electron chi connectivity index (χ1n) is 13.0. The number of phenolic OH excluding ortho intramolecular Hbond substituents is 1. The Bertz CT molecular complexity index is 804. The number of carbonyl (C=O) groups is 1. The Kier molecular flexibility index (Phi) is 13.8. The molecule has 2 aromatic carbocycles. The summed E-state index contributed by atoms with van der Waals surface area (Å²) in [7, 11) is 0. The molecule has 33 heavy (non-hydrogen) atoms. The van der Waals surface area contributed by atoms with Crippen molar-refractivity contribution in [1.82, 2.24) is 0 Å². The molecule has 0 atom stereocenters. The number of phenols is 1. The number of hydrogen-bond donors (Lipinski definition) is 2. The van der Waals surface area contributed by atoms with Crippen molar-refractivity contribution in [3.8, 4) is 5.75 Å². The average Bonchev–Trinajstić information content (AvgIpc) is 2.82. The molecule has 0 unspecified atom stereocenters. The third-order valence-electron chi connectivity index (χ3n) is 6.00. The zero-order valence-corrected chi connectivity index (χ0v) is 21.5. The van der Waals surface area contributed by atoms with E-state index in [2.05, 4.69) is 31.3 Å². The number of aryl methyl sites for hydroxylation is 1. The molecule has 1 amide bonds. The third kappa shape index (κ3) is 11.2. The van der Waals surface area contributed by atoms with Crippen LogP contribution in [0.4, 0.5) is 5.69 Å². The van der Waals surface area contributed by atoms with E-state index < -0.39 is 0 Å². The number of aromatic hydroxyl groups is 1. The molecule has 2 aromatic rings. The molecule has 0 aliphatic carbocycles. The van der Waals surface area contributed by atoms with Gasteiger partial charge in [-0.2, -0.15) is 0 Å². The molecule has 0 aromatic heterocycles. The Balaban J connectivity index is 1.96. The SMILES string of the molecule is CCCCCCCCSc1ccc(C(=O)Nc2ccc(O)cc2)cc1CCCCCCCC. The fourth-order valence-corrected chi connectivity index (χ4v) is 5.04. The topological polar surface area (TPSA) is 49.3 Å². The summed E-state index contributed by atoms with van der Waals surface area (Å²) in [6.07, 6.45) is 16.6. The van der Waals surface area contributed by atoms with Crippen molar-refractivity contribution < 1.29 is 9.90 Å². The van der Waals surface area contributed by atoms with Crippen LogP contribution >= 0.6 is 11.8 Å². The van der Waals surface area contributed by atoms with Crippen LogP contribution in [0.2, 0.25) is 0 Å². The minimum absolute atomic E-state index is 0.0997. The van der Waals surface area contributed by atoms with Gasteiger partial charge in [-0.05, 0) is 73.0 Å². The van der Waals surface area contributed by atoms with Crippen LogP contribution in [-0.4, -0.2) is 16.8 Å². The summed E-state index contributed by atoms with van der Waals surface area (Å²) in [5.41, 5.74) is 2.70. The van der Waals surface area contributed by atoms with Crippen LogP contribution in [0, 0.1) is 0 Å². The molecule has 0 heterocycles. The van der Waals surface area contributed by atoms with E-state index >= 15 is 0 Å².